The van der Waals surface area contributed by atoms with Crippen LogP contribution in [0.4, 0.5) is 5.82 Å². The zero-order valence-corrected chi connectivity index (χ0v) is 17.4. The summed E-state index contributed by atoms with van der Waals surface area (Å²) in [5.41, 5.74) is 7.67. The Bertz CT molecular complexity index is 830. The second kappa shape index (κ2) is 9.53. The standard InChI is InChI=1S/C23H31N5O2/c24-21-15-17(4-10-26-21)16-27-11-5-19(6-12-27)23(30)28-13-7-18(8-14-28)22(29)20-3-1-2-9-25-20/h1-4,9-10,15,18-19,22,29H,5-8,11-14,16H2,(H2,24,26). The summed E-state index contributed by atoms with van der Waals surface area (Å²) in [5.74, 6) is 1.11. The van der Waals surface area contributed by atoms with Crippen molar-refractivity contribution in [2.24, 2.45) is 11.8 Å². The highest BCUT2D eigenvalue weighted by atomic mass is 16.3. The van der Waals surface area contributed by atoms with Gasteiger partial charge in [0.2, 0.25) is 5.91 Å². The molecule has 2 saturated heterocycles. The van der Waals surface area contributed by atoms with E-state index >= 15 is 0 Å². The number of hydrogen-bond donors (Lipinski definition) is 2. The predicted molar refractivity (Wildman–Crippen MR) is 115 cm³/mol. The van der Waals surface area contributed by atoms with Crippen LogP contribution in [-0.2, 0) is 11.3 Å². The molecule has 1 unspecified atom stereocenters. The molecule has 1 atom stereocenters. The molecule has 0 aromatic carbocycles. The number of aliphatic hydroxyl groups is 1. The lowest BCUT2D eigenvalue weighted by molar-refractivity contribution is -0.139. The van der Waals surface area contributed by atoms with Gasteiger partial charge < -0.3 is 15.7 Å². The van der Waals surface area contributed by atoms with E-state index in [1.165, 1.54) is 5.56 Å². The third-order valence-electron chi connectivity index (χ3n) is 6.48. The summed E-state index contributed by atoms with van der Waals surface area (Å²) in [6.07, 6.45) is 6.36. The first-order valence-electron chi connectivity index (χ1n) is 10.9. The summed E-state index contributed by atoms with van der Waals surface area (Å²) in [7, 11) is 0. The van der Waals surface area contributed by atoms with E-state index in [-0.39, 0.29) is 17.7 Å². The van der Waals surface area contributed by atoms with E-state index in [1.807, 2.05) is 35.2 Å². The van der Waals surface area contributed by atoms with Crippen LogP contribution >= 0.6 is 0 Å². The van der Waals surface area contributed by atoms with E-state index in [9.17, 15) is 9.90 Å². The lowest BCUT2D eigenvalue weighted by atomic mass is 9.88. The van der Waals surface area contributed by atoms with Crippen LogP contribution in [0.1, 0.15) is 43.0 Å². The first kappa shape index (κ1) is 20.8. The smallest absolute Gasteiger partial charge is 0.225 e. The molecule has 3 N–H and O–H groups in total. The highest BCUT2D eigenvalue weighted by Gasteiger charge is 2.33. The van der Waals surface area contributed by atoms with Gasteiger partial charge in [-0.3, -0.25) is 14.7 Å². The highest BCUT2D eigenvalue weighted by Crippen LogP contribution is 2.31. The van der Waals surface area contributed by atoms with Gasteiger partial charge in [0.25, 0.3) is 0 Å². The molecule has 0 radical (unpaired) electrons. The van der Waals surface area contributed by atoms with Gasteiger partial charge in [-0.15, -0.1) is 0 Å². The van der Waals surface area contributed by atoms with Gasteiger partial charge in [0.15, 0.2) is 0 Å². The van der Waals surface area contributed by atoms with Crippen LogP contribution in [0.25, 0.3) is 0 Å². The molecule has 2 aliphatic heterocycles. The molecule has 30 heavy (non-hydrogen) atoms. The largest absolute Gasteiger partial charge is 0.387 e. The normalized spacial score (nSPS) is 20.2. The van der Waals surface area contributed by atoms with Gasteiger partial charge >= 0.3 is 0 Å². The summed E-state index contributed by atoms with van der Waals surface area (Å²) in [6.45, 7) is 4.15. The van der Waals surface area contributed by atoms with Crippen LogP contribution in [0, 0.1) is 11.8 Å². The van der Waals surface area contributed by atoms with Gasteiger partial charge in [0, 0.05) is 37.9 Å². The Morgan fingerprint density at radius 1 is 1.07 bits per heavy atom. The number of amides is 1. The quantitative estimate of drug-likeness (QED) is 0.786. The molecule has 4 rings (SSSR count). The number of carbonyl (C=O) groups excluding carboxylic acids is 1. The van der Waals surface area contributed by atoms with E-state index in [4.69, 9.17) is 5.73 Å². The molecule has 2 aromatic heterocycles. The maximum Gasteiger partial charge on any atom is 0.225 e. The molecule has 2 fully saturated rings. The predicted octanol–water partition coefficient (Wildman–Crippen LogP) is 2.24. The molecule has 4 heterocycles. The van der Waals surface area contributed by atoms with Crippen LogP contribution < -0.4 is 5.73 Å². The molecular formula is C23H31N5O2. The van der Waals surface area contributed by atoms with Crippen molar-refractivity contribution in [1.29, 1.82) is 0 Å². The molecule has 1 amide bonds. The molecule has 160 valence electrons. The van der Waals surface area contributed by atoms with Crippen molar-refractivity contribution < 1.29 is 9.90 Å². The van der Waals surface area contributed by atoms with E-state index in [0.29, 0.717) is 5.82 Å². The fraction of sp³-hybridized carbons (Fsp3) is 0.522. The lowest BCUT2D eigenvalue weighted by Gasteiger charge is -2.38. The second-order valence-electron chi connectivity index (χ2n) is 8.50. The highest BCUT2D eigenvalue weighted by molar-refractivity contribution is 5.79. The van der Waals surface area contributed by atoms with Gasteiger partial charge in [-0.2, -0.15) is 0 Å². The number of aliphatic hydroxyl groups excluding tert-OH is 1. The number of aromatic nitrogens is 2. The first-order chi connectivity index (χ1) is 14.6. The monoisotopic (exact) mass is 409 g/mol. The Labute approximate surface area is 177 Å². The van der Waals surface area contributed by atoms with Crippen molar-refractivity contribution in [1.82, 2.24) is 19.8 Å². The van der Waals surface area contributed by atoms with Crippen LogP contribution in [0.3, 0.4) is 0 Å². The maximum absolute atomic E-state index is 13.0. The van der Waals surface area contributed by atoms with Gasteiger partial charge in [-0.1, -0.05) is 6.07 Å². The summed E-state index contributed by atoms with van der Waals surface area (Å²) in [4.78, 5) is 25.7. The molecule has 7 heteroatoms. The second-order valence-corrected chi connectivity index (χ2v) is 8.50. The lowest BCUT2D eigenvalue weighted by Crippen LogP contribution is -2.45. The molecule has 0 saturated carbocycles. The molecule has 2 aromatic rings. The first-order valence-corrected chi connectivity index (χ1v) is 10.9. The number of hydrogen-bond acceptors (Lipinski definition) is 6. The van der Waals surface area contributed by atoms with Crippen LogP contribution in [0.15, 0.2) is 42.7 Å². The molecule has 7 nitrogen and oxygen atoms in total. The number of nitrogens with zero attached hydrogens (tertiary/aromatic N) is 4. The zero-order chi connectivity index (χ0) is 20.9. The van der Waals surface area contributed by atoms with Crippen LogP contribution in [0.5, 0.6) is 0 Å². The fourth-order valence-electron chi connectivity index (χ4n) is 4.68. The number of rotatable bonds is 5. The minimum Gasteiger partial charge on any atom is -0.387 e. The third kappa shape index (κ3) is 4.96. The number of carbonyl (C=O) groups is 1. The Balaban J connectivity index is 1.23. The minimum atomic E-state index is -0.547. The number of nitrogens with two attached hydrogens (primary N) is 1. The van der Waals surface area contributed by atoms with E-state index in [2.05, 4.69) is 14.9 Å². The Morgan fingerprint density at radius 2 is 1.83 bits per heavy atom. The molecular weight excluding hydrogens is 378 g/mol. The minimum absolute atomic E-state index is 0.112. The average molecular weight is 410 g/mol. The summed E-state index contributed by atoms with van der Waals surface area (Å²) in [6, 6.07) is 9.55. The van der Waals surface area contributed by atoms with Crippen molar-refractivity contribution in [3.8, 4) is 0 Å². The van der Waals surface area contributed by atoms with Gasteiger partial charge in [0.05, 0.1) is 11.8 Å². The van der Waals surface area contributed by atoms with E-state index in [0.717, 1.165) is 64.1 Å². The Morgan fingerprint density at radius 3 is 2.50 bits per heavy atom. The van der Waals surface area contributed by atoms with Gasteiger partial charge in [-0.05, 0) is 74.5 Å². The van der Waals surface area contributed by atoms with Crippen molar-refractivity contribution in [3.05, 3.63) is 54.0 Å². The number of likely N-dealkylation sites (tertiary alicyclic amines) is 2. The van der Waals surface area contributed by atoms with Gasteiger partial charge in [0.1, 0.15) is 5.82 Å². The molecule has 0 bridgehead atoms. The van der Waals surface area contributed by atoms with Crippen molar-refractivity contribution in [3.63, 3.8) is 0 Å². The van der Waals surface area contributed by atoms with Crippen molar-refractivity contribution in [2.75, 3.05) is 31.9 Å². The average Bonchev–Trinajstić information content (AvgIpc) is 2.79. The Hall–Kier alpha value is -2.51. The maximum atomic E-state index is 13.0. The number of pyridine rings is 2. The van der Waals surface area contributed by atoms with E-state index in [1.54, 1.807) is 12.4 Å². The fourth-order valence-corrected chi connectivity index (χ4v) is 4.68. The number of piperidine rings is 2. The SMILES string of the molecule is Nc1cc(CN2CCC(C(=O)N3CCC(C(O)c4ccccn4)CC3)CC2)ccn1. The van der Waals surface area contributed by atoms with E-state index < -0.39 is 6.10 Å². The number of anilines is 1. The topological polar surface area (TPSA) is 95.6 Å². The molecule has 0 aliphatic carbocycles. The molecule has 2 aliphatic rings. The van der Waals surface area contributed by atoms with Gasteiger partial charge in [-0.25, -0.2) is 4.98 Å². The summed E-state index contributed by atoms with van der Waals surface area (Å²) in [5, 5.41) is 10.6. The molecule has 0 spiro atoms. The zero-order valence-electron chi connectivity index (χ0n) is 17.4. The third-order valence-corrected chi connectivity index (χ3v) is 6.48. The van der Waals surface area contributed by atoms with Crippen molar-refractivity contribution in [2.45, 2.75) is 38.3 Å². The summed E-state index contributed by atoms with van der Waals surface area (Å²) >= 11 is 0. The number of nitrogen functional groups attached to an aromatic ring is 1. The summed E-state index contributed by atoms with van der Waals surface area (Å²) < 4.78 is 0. The Kier molecular flexibility index (Phi) is 6.59. The van der Waals surface area contributed by atoms with Crippen molar-refractivity contribution >= 4 is 11.7 Å². The van der Waals surface area contributed by atoms with Crippen LogP contribution in [-0.4, -0.2) is 57.0 Å². The van der Waals surface area contributed by atoms with Crippen LogP contribution in [0.2, 0.25) is 0 Å².